The minimum atomic E-state index is -3.05. The summed E-state index contributed by atoms with van der Waals surface area (Å²) in [7, 11) is -3.05. The summed E-state index contributed by atoms with van der Waals surface area (Å²) < 4.78 is 23.5. The molecule has 0 saturated heterocycles. The minimum absolute atomic E-state index is 0.211. The van der Waals surface area contributed by atoms with E-state index in [1.165, 1.54) is 11.1 Å². The molecule has 2 aromatic carbocycles. The van der Waals surface area contributed by atoms with Crippen LogP contribution in [0.1, 0.15) is 63.6 Å². The molecule has 0 aromatic heterocycles. The minimum Gasteiger partial charge on any atom is -0.309 e. The SMILES string of the molecule is CCOP(=O)(Cc1ccc(CCC(c2ccccc2)C(C)(C)C)cc1)OCC. The van der Waals surface area contributed by atoms with Gasteiger partial charge in [-0.2, -0.15) is 0 Å². The van der Waals surface area contributed by atoms with Gasteiger partial charge in [-0.15, -0.1) is 0 Å². The zero-order valence-corrected chi connectivity index (χ0v) is 18.9. The standard InChI is InChI=1S/C24H35O3P/c1-6-26-28(25,27-7-2)19-21-15-13-20(14-16-21)17-18-23(24(3,4)5)22-11-9-8-10-12-22/h8-16,23H,6-7,17-19H2,1-5H3. The van der Waals surface area contributed by atoms with E-state index in [-0.39, 0.29) is 5.41 Å². The van der Waals surface area contributed by atoms with Gasteiger partial charge in [0.25, 0.3) is 0 Å². The van der Waals surface area contributed by atoms with E-state index in [9.17, 15) is 4.57 Å². The van der Waals surface area contributed by atoms with Gasteiger partial charge in [0.15, 0.2) is 0 Å². The van der Waals surface area contributed by atoms with Crippen molar-refractivity contribution < 1.29 is 13.6 Å². The molecule has 28 heavy (non-hydrogen) atoms. The van der Waals surface area contributed by atoms with Crippen LogP contribution in [0.3, 0.4) is 0 Å². The average Bonchev–Trinajstić information content (AvgIpc) is 2.63. The fourth-order valence-electron chi connectivity index (χ4n) is 3.65. The first-order valence-electron chi connectivity index (χ1n) is 10.3. The van der Waals surface area contributed by atoms with Crippen LogP contribution in [0.25, 0.3) is 0 Å². The third kappa shape index (κ3) is 6.88. The fraction of sp³-hybridized carbons (Fsp3) is 0.500. The Morgan fingerprint density at radius 3 is 1.89 bits per heavy atom. The van der Waals surface area contributed by atoms with Crippen molar-refractivity contribution in [2.45, 2.75) is 59.5 Å². The summed E-state index contributed by atoms with van der Waals surface area (Å²) in [5, 5.41) is 0. The third-order valence-electron chi connectivity index (χ3n) is 5.02. The number of aryl methyl sites for hydroxylation is 1. The Kier molecular flexibility index (Phi) is 8.49. The first-order valence-corrected chi connectivity index (χ1v) is 12.0. The first-order chi connectivity index (χ1) is 13.3. The van der Waals surface area contributed by atoms with Crippen LogP contribution in [0.5, 0.6) is 0 Å². The van der Waals surface area contributed by atoms with E-state index in [0.717, 1.165) is 18.4 Å². The lowest BCUT2D eigenvalue weighted by Gasteiger charge is -2.31. The molecule has 0 aliphatic heterocycles. The molecular weight excluding hydrogens is 367 g/mol. The molecule has 2 aromatic rings. The van der Waals surface area contributed by atoms with E-state index in [2.05, 4.69) is 75.4 Å². The molecule has 0 heterocycles. The van der Waals surface area contributed by atoms with Crippen LogP contribution in [-0.2, 0) is 26.2 Å². The van der Waals surface area contributed by atoms with Crippen LogP contribution in [0.4, 0.5) is 0 Å². The van der Waals surface area contributed by atoms with Crippen molar-refractivity contribution in [3.63, 3.8) is 0 Å². The molecule has 4 heteroatoms. The van der Waals surface area contributed by atoms with Gasteiger partial charge in [-0.05, 0) is 54.7 Å². The molecule has 0 aliphatic rings. The van der Waals surface area contributed by atoms with Gasteiger partial charge in [-0.3, -0.25) is 4.57 Å². The van der Waals surface area contributed by atoms with E-state index in [4.69, 9.17) is 9.05 Å². The third-order valence-corrected chi connectivity index (χ3v) is 7.08. The highest BCUT2D eigenvalue weighted by Crippen LogP contribution is 2.51. The maximum Gasteiger partial charge on any atom is 0.335 e. The molecule has 0 spiro atoms. The van der Waals surface area contributed by atoms with Crippen molar-refractivity contribution in [3.8, 4) is 0 Å². The molecule has 0 saturated carbocycles. The van der Waals surface area contributed by atoms with Gasteiger partial charge in [0, 0.05) is 0 Å². The molecule has 0 radical (unpaired) electrons. The van der Waals surface area contributed by atoms with Crippen molar-refractivity contribution >= 4 is 7.60 Å². The van der Waals surface area contributed by atoms with E-state index < -0.39 is 7.60 Å². The Morgan fingerprint density at radius 2 is 1.39 bits per heavy atom. The van der Waals surface area contributed by atoms with Crippen molar-refractivity contribution in [2.24, 2.45) is 5.41 Å². The number of hydrogen-bond acceptors (Lipinski definition) is 3. The summed E-state index contributed by atoms with van der Waals surface area (Å²) in [6.45, 7) is 11.4. The Hall–Kier alpha value is -1.41. The molecule has 3 nitrogen and oxygen atoms in total. The molecule has 1 unspecified atom stereocenters. The van der Waals surface area contributed by atoms with E-state index in [1.807, 2.05) is 13.8 Å². The van der Waals surface area contributed by atoms with Crippen LogP contribution in [0.2, 0.25) is 0 Å². The molecule has 1 atom stereocenters. The average molecular weight is 403 g/mol. The van der Waals surface area contributed by atoms with E-state index >= 15 is 0 Å². The lowest BCUT2D eigenvalue weighted by Crippen LogP contribution is -2.19. The van der Waals surface area contributed by atoms with Crippen molar-refractivity contribution in [2.75, 3.05) is 13.2 Å². The van der Waals surface area contributed by atoms with Gasteiger partial charge in [0.2, 0.25) is 0 Å². The molecule has 2 rings (SSSR count). The van der Waals surface area contributed by atoms with Crippen LogP contribution >= 0.6 is 7.60 Å². The number of hydrogen-bond donors (Lipinski definition) is 0. The lowest BCUT2D eigenvalue weighted by molar-refractivity contribution is 0.219. The summed E-state index contributed by atoms with van der Waals surface area (Å²) in [5.41, 5.74) is 3.91. The summed E-state index contributed by atoms with van der Waals surface area (Å²) in [5.74, 6) is 0.504. The zero-order valence-electron chi connectivity index (χ0n) is 18.0. The Balaban J connectivity index is 2.04. The van der Waals surface area contributed by atoms with Gasteiger partial charge in [0.05, 0.1) is 19.4 Å². The molecule has 0 fully saturated rings. The van der Waals surface area contributed by atoms with Crippen LogP contribution in [-0.4, -0.2) is 13.2 Å². The van der Waals surface area contributed by atoms with Crippen LogP contribution in [0, 0.1) is 5.41 Å². The Morgan fingerprint density at radius 1 is 0.857 bits per heavy atom. The van der Waals surface area contributed by atoms with Crippen molar-refractivity contribution in [1.29, 1.82) is 0 Å². The second-order valence-corrected chi connectivity index (χ2v) is 10.3. The smallest absolute Gasteiger partial charge is 0.309 e. The predicted molar refractivity (Wildman–Crippen MR) is 118 cm³/mol. The van der Waals surface area contributed by atoms with Crippen molar-refractivity contribution in [3.05, 3.63) is 71.3 Å². The molecule has 0 N–H and O–H groups in total. The quantitative estimate of drug-likeness (QED) is 0.394. The van der Waals surface area contributed by atoms with E-state index in [1.54, 1.807) is 0 Å². The van der Waals surface area contributed by atoms with Gasteiger partial charge < -0.3 is 9.05 Å². The predicted octanol–water partition coefficient (Wildman–Crippen LogP) is 7.22. The van der Waals surface area contributed by atoms with Gasteiger partial charge in [0.1, 0.15) is 0 Å². The van der Waals surface area contributed by atoms with E-state index in [0.29, 0.717) is 25.3 Å². The largest absolute Gasteiger partial charge is 0.335 e. The molecule has 154 valence electrons. The number of rotatable bonds is 10. The van der Waals surface area contributed by atoms with Crippen LogP contribution in [0.15, 0.2) is 54.6 Å². The normalized spacial score (nSPS) is 13.5. The lowest BCUT2D eigenvalue weighted by atomic mass is 9.73. The van der Waals surface area contributed by atoms with Gasteiger partial charge in [-0.25, -0.2) is 0 Å². The van der Waals surface area contributed by atoms with Crippen LogP contribution < -0.4 is 0 Å². The highest BCUT2D eigenvalue weighted by molar-refractivity contribution is 7.53. The second kappa shape index (κ2) is 10.4. The van der Waals surface area contributed by atoms with Gasteiger partial charge in [-0.1, -0.05) is 75.4 Å². The highest BCUT2D eigenvalue weighted by atomic mass is 31.2. The zero-order chi connectivity index (χ0) is 20.6. The number of benzene rings is 2. The molecule has 0 aliphatic carbocycles. The summed E-state index contributed by atoms with van der Waals surface area (Å²) in [4.78, 5) is 0. The Labute approximate surface area is 171 Å². The summed E-state index contributed by atoms with van der Waals surface area (Å²) in [6.07, 6.45) is 2.44. The topological polar surface area (TPSA) is 35.5 Å². The monoisotopic (exact) mass is 402 g/mol. The van der Waals surface area contributed by atoms with Crippen molar-refractivity contribution in [1.82, 2.24) is 0 Å². The molecular formula is C24H35O3P. The maximum absolute atomic E-state index is 12.7. The molecule has 0 bridgehead atoms. The highest BCUT2D eigenvalue weighted by Gasteiger charge is 2.26. The first kappa shape index (κ1) is 22.9. The second-order valence-electron chi connectivity index (χ2n) is 8.29. The summed E-state index contributed by atoms with van der Waals surface area (Å²) >= 11 is 0. The fourth-order valence-corrected chi connectivity index (χ4v) is 5.35. The van der Waals surface area contributed by atoms with Gasteiger partial charge >= 0.3 is 7.60 Å². The molecule has 0 amide bonds. The Bertz CT molecular complexity index is 738. The maximum atomic E-state index is 12.7. The summed E-state index contributed by atoms with van der Waals surface area (Å²) in [6, 6.07) is 19.2.